The van der Waals surface area contributed by atoms with Gasteiger partial charge in [-0.05, 0) is 67.9 Å². The molecule has 2 aromatic rings. The number of hydrogen-bond acceptors (Lipinski definition) is 2. The largest absolute Gasteiger partial charge is 0.481 e. The summed E-state index contributed by atoms with van der Waals surface area (Å²) in [7, 11) is 0. The Hall–Kier alpha value is -1.81. The van der Waals surface area contributed by atoms with E-state index in [0.717, 1.165) is 28.8 Å². The van der Waals surface area contributed by atoms with E-state index < -0.39 is 5.97 Å². The van der Waals surface area contributed by atoms with Gasteiger partial charge < -0.3 is 9.67 Å². The molecule has 4 nitrogen and oxygen atoms in total. The van der Waals surface area contributed by atoms with Gasteiger partial charge in [-0.25, -0.2) is 0 Å². The molecule has 5 aliphatic rings. The lowest BCUT2D eigenvalue weighted by atomic mass is 9.68. The van der Waals surface area contributed by atoms with Crippen LogP contribution in [0.3, 0.4) is 0 Å². The van der Waals surface area contributed by atoms with Gasteiger partial charge in [-0.3, -0.25) is 9.69 Å². The molecule has 0 amide bonds. The maximum atomic E-state index is 11.5. The summed E-state index contributed by atoms with van der Waals surface area (Å²) in [6, 6.07) is 10.5. The average Bonchev–Trinajstić information content (AvgIpc) is 3.11. The van der Waals surface area contributed by atoms with Crippen molar-refractivity contribution in [2.75, 3.05) is 6.54 Å². The van der Waals surface area contributed by atoms with Crippen molar-refractivity contribution in [2.45, 2.75) is 95.2 Å². The van der Waals surface area contributed by atoms with Gasteiger partial charge in [0, 0.05) is 41.8 Å². The number of aliphatic carboxylic acids is 1. The normalized spacial score (nSPS) is 35.5. The first kappa shape index (κ1) is 20.8. The summed E-state index contributed by atoms with van der Waals surface area (Å²) < 4.78 is 2.49. The van der Waals surface area contributed by atoms with E-state index in [1.54, 1.807) is 0 Å². The summed E-state index contributed by atoms with van der Waals surface area (Å²) in [5.41, 5.74) is 2.21. The lowest BCUT2D eigenvalue weighted by Crippen LogP contribution is -2.55. The molecule has 1 N–H and O–H groups in total. The molecular weight excluding hydrogens is 396 g/mol. The summed E-state index contributed by atoms with van der Waals surface area (Å²) >= 11 is 0. The Morgan fingerprint density at radius 3 is 2.50 bits per heavy atom. The molecule has 5 unspecified atom stereocenters. The van der Waals surface area contributed by atoms with Crippen LogP contribution in [0.15, 0.2) is 30.5 Å². The summed E-state index contributed by atoms with van der Waals surface area (Å²) in [4.78, 5) is 14.5. The van der Waals surface area contributed by atoms with Gasteiger partial charge in [0.05, 0.1) is 6.42 Å². The van der Waals surface area contributed by atoms with Crippen molar-refractivity contribution in [3.63, 3.8) is 0 Å². The molecule has 1 aromatic heterocycles. The second-order valence-corrected chi connectivity index (χ2v) is 11.4. The number of piperidine rings is 1. The fraction of sp³-hybridized carbons (Fsp3) is 0.679. The number of aromatic nitrogens is 1. The van der Waals surface area contributed by atoms with E-state index in [-0.39, 0.29) is 6.42 Å². The van der Waals surface area contributed by atoms with Crippen LogP contribution in [0.25, 0.3) is 10.9 Å². The molecule has 2 saturated heterocycles. The number of carboxylic acids is 1. The van der Waals surface area contributed by atoms with Crippen LogP contribution in [-0.2, 0) is 11.2 Å². The molecule has 32 heavy (non-hydrogen) atoms. The lowest BCUT2D eigenvalue weighted by Gasteiger charge is -2.53. The van der Waals surface area contributed by atoms with Crippen molar-refractivity contribution in [3.05, 3.63) is 36.0 Å². The first-order chi connectivity index (χ1) is 15.7. The number of hydrogen-bond donors (Lipinski definition) is 1. The number of nitrogens with zero attached hydrogens (tertiary/aromatic N) is 2. The topological polar surface area (TPSA) is 45.5 Å². The second-order valence-electron chi connectivity index (χ2n) is 11.4. The highest BCUT2D eigenvalue weighted by Gasteiger charge is 2.43. The number of rotatable bonds is 4. The quantitative estimate of drug-likeness (QED) is 0.638. The van der Waals surface area contributed by atoms with Crippen LogP contribution in [0.5, 0.6) is 0 Å². The van der Waals surface area contributed by atoms with Gasteiger partial charge in [-0.1, -0.05) is 50.3 Å². The molecule has 3 aliphatic carbocycles. The van der Waals surface area contributed by atoms with Crippen LogP contribution in [0.2, 0.25) is 0 Å². The molecule has 1 aromatic carbocycles. The van der Waals surface area contributed by atoms with Gasteiger partial charge in [0.15, 0.2) is 0 Å². The summed E-state index contributed by atoms with van der Waals surface area (Å²) in [5, 5.41) is 10.6. The molecular formula is C28H38N2O2. The van der Waals surface area contributed by atoms with E-state index in [9.17, 15) is 9.90 Å². The molecule has 0 spiro atoms. The first-order valence-electron chi connectivity index (χ1n) is 13.2. The van der Waals surface area contributed by atoms with Crippen LogP contribution in [0.1, 0.15) is 82.2 Å². The van der Waals surface area contributed by atoms with Gasteiger partial charge in [0.1, 0.15) is 0 Å². The minimum atomic E-state index is -0.735. The minimum Gasteiger partial charge on any atom is -0.481 e. The summed E-state index contributed by atoms with van der Waals surface area (Å²) in [6.07, 6.45) is 17.7. The van der Waals surface area contributed by atoms with Crippen molar-refractivity contribution >= 4 is 16.9 Å². The maximum Gasteiger partial charge on any atom is 0.307 e. The van der Waals surface area contributed by atoms with Crippen molar-refractivity contribution in [3.8, 4) is 0 Å². The Morgan fingerprint density at radius 1 is 0.906 bits per heavy atom. The highest BCUT2D eigenvalue weighted by molar-refractivity contribution is 5.87. The number of carboxylic acid groups (broad SMARTS) is 1. The Bertz CT molecular complexity index is 969. The predicted molar refractivity (Wildman–Crippen MR) is 128 cm³/mol. The lowest BCUT2D eigenvalue weighted by molar-refractivity contribution is -0.136. The SMILES string of the molecule is O=C(O)Cc1cn(C2CC3CCCCC2CN3C2CC3CCCC(C3)C2)c2ccccc12. The van der Waals surface area contributed by atoms with Crippen molar-refractivity contribution in [2.24, 2.45) is 17.8 Å². The van der Waals surface area contributed by atoms with Gasteiger partial charge in [0.2, 0.25) is 0 Å². The molecule has 2 aliphatic heterocycles. The van der Waals surface area contributed by atoms with Gasteiger partial charge >= 0.3 is 5.97 Å². The maximum absolute atomic E-state index is 11.5. The smallest absolute Gasteiger partial charge is 0.307 e. The van der Waals surface area contributed by atoms with E-state index >= 15 is 0 Å². The molecule has 5 fully saturated rings. The Kier molecular flexibility index (Phi) is 5.53. The van der Waals surface area contributed by atoms with Crippen molar-refractivity contribution in [1.29, 1.82) is 0 Å². The molecule has 172 valence electrons. The van der Waals surface area contributed by atoms with Gasteiger partial charge in [0.25, 0.3) is 0 Å². The molecule has 3 heterocycles. The molecule has 5 atom stereocenters. The fourth-order valence-corrected chi connectivity index (χ4v) is 8.11. The highest BCUT2D eigenvalue weighted by atomic mass is 16.4. The standard InChI is InChI=1S/C28H38N2O2/c31-28(32)15-22-18-30(26-11-4-3-10-25(22)26)27-16-23-9-2-1-8-21(27)17-29(23)24-13-19-6-5-7-20(12-19)14-24/h3-4,10-11,18-21,23-24,27H,1-2,5-9,12-17H2,(H,31,32). The van der Waals surface area contributed by atoms with E-state index in [0.29, 0.717) is 18.0 Å². The third-order valence-electron chi connectivity index (χ3n) is 9.43. The zero-order valence-electron chi connectivity index (χ0n) is 19.3. The van der Waals surface area contributed by atoms with Crippen LogP contribution < -0.4 is 0 Å². The average molecular weight is 435 g/mol. The molecule has 4 heteroatoms. The zero-order chi connectivity index (χ0) is 21.7. The highest BCUT2D eigenvalue weighted by Crippen LogP contribution is 2.47. The second kappa shape index (κ2) is 8.52. The molecule has 4 bridgehead atoms. The summed E-state index contributed by atoms with van der Waals surface area (Å²) in [5.74, 6) is 1.92. The van der Waals surface area contributed by atoms with Crippen LogP contribution in [0, 0.1) is 17.8 Å². The van der Waals surface area contributed by atoms with Gasteiger partial charge in [-0.2, -0.15) is 0 Å². The Morgan fingerprint density at radius 2 is 1.69 bits per heavy atom. The number of benzene rings is 1. The number of para-hydroxylation sites is 1. The molecule has 3 saturated carbocycles. The molecule has 7 rings (SSSR count). The van der Waals surface area contributed by atoms with Crippen LogP contribution in [0.4, 0.5) is 0 Å². The van der Waals surface area contributed by atoms with Crippen LogP contribution in [-0.4, -0.2) is 39.2 Å². The first-order valence-corrected chi connectivity index (χ1v) is 13.2. The fourth-order valence-electron chi connectivity index (χ4n) is 8.11. The monoisotopic (exact) mass is 434 g/mol. The molecule has 0 radical (unpaired) electrons. The van der Waals surface area contributed by atoms with Crippen LogP contribution >= 0.6 is 0 Å². The van der Waals surface area contributed by atoms with Crippen molar-refractivity contribution in [1.82, 2.24) is 9.47 Å². The predicted octanol–water partition coefficient (Wildman–Crippen LogP) is 6.04. The third kappa shape index (κ3) is 3.79. The number of fused-ring (bicyclic) bond motifs is 8. The van der Waals surface area contributed by atoms with Crippen molar-refractivity contribution < 1.29 is 9.90 Å². The Balaban J connectivity index is 1.30. The summed E-state index contributed by atoms with van der Waals surface area (Å²) in [6.45, 7) is 1.25. The zero-order valence-corrected chi connectivity index (χ0v) is 19.3. The van der Waals surface area contributed by atoms with E-state index in [2.05, 4.69) is 33.9 Å². The van der Waals surface area contributed by atoms with E-state index in [4.69, 9.17) is 0 Å². The van der Waals surface area contributed by atoms with Gasteiger partial charge in [-0.15, -0.1) is 0 Å². The minimum absolute atomic E-state index is 0.116. The van der Waals surface area contributed by atoms with E-state index in [1.165, 1.54) is 82.7 Å². The van der Waals surface area contributed by atoms with E-state index in [1.807, 2.05) is 6.07 Å². The third-order valence-corrected chi connectivity index (χ3v) is 9.43. The number of carbonyl (C=O) groups is 1. The Labute approximate surface area is 192 Å².